The van der Waals surface area contributed by atoms with E-state index in [-0.39, 0.29) is 0 Å². The summed E-state index contributed by atoms with van der Waals surface area (Å²) in [6, 6.07) is 7.42. The van der Waals surface area contributed by atoms with Crippen molar-refractivity contribution in [3.05, 3.63) is 41.5 Å². The number of aliphatic hydroxyl groups excluding tert-OH is 1. The van der Waals surface area contributed by atoms with Gasteiger partial charge >= 0.3 is 0 Å². The lowest BCUT2D eigenvalue weighted by atomic mass is 10.0. The Hall–Kier alpha value is -1.33. The van der Waals surface area contributed by atoms with Crippen molar-refractivity contribution in [2.75, 3.05) is 0 Å². The highest BCUT2D eigenvalue weighted by molar-refractivity contribution is 5.41. The van der Waals surface area contributed by atoms with Gasteiger partial charge in [-0.1, -0.05) is 19.1 Å². The van der Waals surface area contributed by atoms with Gasteiger partial charge in [-0.05, 0) is 23.6 Å². The van der Waals surface area contributed by atoms with Crippen molar-refractivity contribution >= 4 is 0 Å². The van der Waals surface area contributed by atoms with Crippen molar-refractivity contribution < 1.29 is 5.11 Å². The van der Waals surface area contributed by atoms with Gasteiger partial charge in [0.1, 0.15) is 6.61 Å². The van der Waals surface area contributed by atoms with Crippen molar-refractivity contribution in [1.82, 2.24) is 0 Å². The Balaban J connectivity index is 3.13. The van der Waals surface area contributed by atoms with Crippen LogP contribution >= 0.6 is 0 Å². The average Bonchev–Trinajstić information content (AvgIpc) is 2.16. The van der Waals surface area contributed by atoms with Gasteiger partial charge in [0.15, 0.2) is 0 Å². The van der Waals surface area contributed by atoms with Gasteiger partial charge in [-0.3, -0.25) is 0 Å². The molecule has 0 aliphatic rings. The summed E-state index contributed by atoms with van der Waals surface area (Å²) < 4.78 is 0. The maximum Gasteiger partial charge on any atom is 0.109 e. The molecule has 1 aromatic carbocycles. The number of benzene rings is 1. The monoisotopic (exact) mass is 160 g/mol. The molecule has 0 heterocycles. The van der Waals surface area contributed by atoms with Gasteiger partial charge in [0, 0.05) is 0 Å². The Morgan fingerprint density at radius 1 is 1.58 bits per heavy atom. The third kappa shape index (κ3) is 1.63. The van der Waals surface area contributed by atoms with Crippen molar-refractivity contribution in [3.8, 4) is 6.07 Å². The molecule has 0 aliphatic carbocycles. The average molecular weight is 160 g/mol. The number of aryl methyl sites for hydroxylation is 1. The molecular weight excluding hydrogens is 150 g/mol. The van der Waals surface area contributed by atoms with Crippen LogP contribution in [-0.4, -0.2) is 5.11 Å². The van der Waals surface area contributed by atoms with E-state index in [1.807, 2.05) is 13.0 Å². The number of rotatable bonds is 2. The maximum absolute atomic E-state index is 8.72. The number of nitriles is 1. The molecule has 0 saturated carbocycles. The third-order valence-electron chi connectivity index (χ3n) is 1.78. The SMILES string of the molecule is CCc1ccc([CH]O)cc1C#N. The second-order valence-corrected chi connectivity index (χ2v) is 2.51. The van der Waals surface area contributed by atoms with E-state index >= 15 is 0 Å². The first-order valence-electron chi connectivity index (χ1n) is 3.82. The molecule has 0 spiro atoms. The molecule has 1 aromatic rings. The topological polar surface area (TPSA) is 44.0 Å². The van der Waals surface area contributed by atoms with Crippen LogP contribution < -0.4 is 0 Å². The Morgan fingerprint density at radius 3 is 2.83 bits per heavy atom. The van der Waals surface area contributed by atoms with Gasteiger partial charge in [0.2, 0.25) is 0 Å². The molecule has 0 saturated heterocycles. The van der Waals surface area contributed by atoms with Crippen LogP contribution in [0.1, 0.15) is 23.6 Å². The van der Waals surface area contributed by atoms with Crippen LogP contribution in [0, 0.1) is 17.9 Å². The molecule has 0 amide bonds. The fourth-order valence-electron chi connectivity index (χ4n) is 1.09. The molecule has 0 unspecified atom stereocenters. The number of hydrogen-bond donors (Lipinski definition) is 1. The van der Waals surface area contributed by atoms with E-state index in [0.717, 1.165) is 18.6 Å². The van der Waals surface area contributed by atoms with Crippen LogP contribution in [0.3, 0.4) is 0 Å². The highest BCUT2D eigenvalue weighted by Crippen LogP contribution is 2.12. The molecule has 0 aromatic heterocycles. The van der Waals surface area contributed by atoms with E-state index in [2.05, 4.69) is 6.07 Å². The van der Waals surface area contributed by atoms with Crippen molar-refractivity contribution in [3.63, 3.8) is 0 Å². The molecule has 0 aliphatic heterocycles. The highest BCUT2D eigenvalue weighted by atomic mass is 16.3. The van der Waals surface area contributed by atoms with Gasteiger partial charge in [0.05, 0.1) is 11.6 Å². The van der Waals surface area contributed by atoms with Gasteiger partial charge in [-0.2, -0.15) is 5.26 Å². The summed E-state index contributed by atoms with van der Waals surface area (Å²) in [7, 11) is 0. The van der Waals surface area contributed by atoms with Crippen LogP contribution in [0.5, 0.6) is 0 Å². The fraction of sp³-hybridized carbons (Fsp3) is 0.200. The molecule has 12 heavy (non-hydrogen) atoms. The van der Waals surface area contributed by atoms with Crippen molar-refractivity contribution in [1.29, 1.82) is 5.26 Å². The van der Waals surface area contributed by atoms with E-state index in [4.69, 9.17) is 10.4 Å². The zero-order valence-corrected chi connectivity index (χ0v) is 6.91. The normalized spacial score (nSPS) is 9.42. The number of hydrogen-bond acceptors (Lipinski definition) is 2. The zero-order chi connectivity index (χ0) is 8.97. The predicted molar refractivity (Wildman–Crippen MR) is 45.9 cm³/mol. The van der Waals surface area contributed by atoms with Crippen molar-refractivity contribution in [2.24, 2.45) is 0 Å². The van der Waals surface area contributed by atoms with Crippen molar-refractivity contribution in [2.45, 2.75) is 13.3 Å². The first kappa shape index (κ1) is 8.76. The quantitative estimate of drug-likeness (QED) is 0.719. The molecule has 1 rings (SSSR count). The van der Waals surface area contributed by atoms with E-state index in [1.165, 1.54) is 0 Å². The maximum atomic E-state index is 8.72. The minimum Gasteiger partial charge on any atom is -0.385 e. The lowest BCUT2D eigenvalue weighted by molar-refractivity contribution is 0.415. The van der Waals surface area contributed by atoms with Crippen LogP contribution in [0.25, 0.3) is 0 Å². The van der Waals surface area contributed by atoms with Crippen LogP contribution in [-0.2, 0) is 6.42 Å². The van der Waals surface area contributed by atoms with Gasteiger partial charge in [-0.15, -0.1) is 0 Å². The molecule has 1 N–H and O–H groups in total. The van der Waals surface area contributed by atoms with Gasteiger partial charge in [0.25, 0.3) is 0 Å². The summed E-state index contributed by atoms with van der Waals surface area (Å²) in [5.74, 6) is 0. The summed E-state index contributed by atoms with van der Waals surface area (Å²) in [6.07, 6.45) is 0.842. The van der Waals surface area contributed by atoms with E-state index < -0.39 is 0 Å². The Morgan fingerprint density at radius 2 is 2.33 bits per heavy atom. The molecule has 0 fully saturated rings. The minimum absolute atomic E-state index is 0.639. The van der Waals surface area contributed by atoms with Crippen LogP contribution in [0.15, 0.2) is 18.2 Å². The zero-order valence-electron chi connectivity index (χ0n) is 6.91. The van der Waals surface area contributed by atoms with E-state index in [0.29, 0.717) is 11.1 Å². The standard InChI is InChI=1S/C10H10NO/c1-2-9-4-3-8(7-12)5-10(9)6-11/h3-5,7,12H,2H2,1H3. The van der Waals surface area contributed by atoms with E-state index in [1.54, 1.807) is 12.1 Å². The second-order valence-electron chi connectivity index (χ2n) is 2.51. The van der Waals surface area contributed by atoms with E-state index in [9.17, 15) is 0 Å². The van der Waals surface area contributed by atoms with Gasteiger partial charge < -0.3 is 5.11 Å². The number of aliphatic hydroxyl groups is 1. The fourth-order valence-corrected chi connectivity index (χ4v) is 1.09. The van der Waals surface area contributed by atoms with Gasteiger partial charge in [-0.25, -0.2) is 0 Å². The largest absolute Gasteiger partial charge is 0.385 e. The Kier molecular flexibility index (Phi) is 2.84. The lowest BCUT2D eigenvalue weighted by Gasteiger charge is -2.01. The molecular formula is C10H10NO. The number of nitrogens with zero attached hydrogens (tertiary/aromatic N) is 1. The third-order valence-corrected chi connectivity index (χ3v) is 1.78. The first-order chi connectivity index (χ1) is 5.81. The Bertz CT molecular complexity index is 312. The molecule has 0 atom stereocenters. The lowest BCUT2D eigenvalue weighted by Crippen LogP contribution is -1.89. The summed E-state index contributed by atoms with van der Waals surface area (Å²) in [5.41, 5.74) is 2.33. The molecule has 2 nitrogen and oxygen atoms in total. The smallest absolute Gasteiger partial charge is 0.109 e. The second kappa shape index (κ2) is 3.89. The predicted octanol–water partition coefficient (Wildman–Crippen LogP) is 2.00. The van der Waals surface area contributed by atoms with Crippen LogP contribution in [0.4, 0.5) is 0 Å². The Labute approximate surface area is 72.1 Å². The minimum atomic E-state index is 0.639. The summed E-state index contributed by atoms with van der Waals surface area (Å²) >= 11 is 0. The molecule has 2 heteroatoms. The summed E-state index contributed by atoms with van der Waals surface area (Å²) in [5, 5.41) is 17.4. The molecule has 0 bridgehead atoms. The summed E-state index contributed by atoms with van der Waals surface area (Å²) in [6.45, 7) is 3.00. The molecule has 1 radical (unpaired) electrons. The molecule has 61 valence electrons. The van der Waals surface area contributed by atoms with Crippen LogP contribution in [0.2, 0.25) is 0 Å². The summed E-state index contributed by atoms with van der Waals surface area (Å²) in [4.78, 5) is 0. The first-order valence-corrected chi connectivity index (χ1v) is 3.82. The highest BCUT2D eigenvalue weighted by Gasteiger charge is 2.00.